The van der Waals surface area contributed by atoms with Gasteiger partial charge in [0.15, 0.2) is 0 Å². The SMILES string of the molecule is CNc1cc(Nc2ccccc2)c(-c2cccc(Cl)c2)cn1. The quantitative estimate of drug-likeness (QED) is 0.696. The van der Waals surface area contributed by atoms with Crippen LogP contribution in [0.5, 0.6) is 0 Å². The predicted octanol–water partition coefficient (Wildman–Crippen LogP) is 5.19. The Morgan fingerprint density at radius 3 is 2.50 bits per heavy atom. The summed E-state index contributed by atoms with van der Waals surface area (Å²) in [4.78, 5) is 4.41. The maximum absolute atomic E-state index is 6.11. The minimum atomic E-state index is 0.709. The van der Waals surface area contributed by atoms with Crippen molar-refractivity contribution in [3.63, 3.8) is 0 Å². The van der Waals surface area contributed by atoms with Crippen LogP contribution >= 0.6 is 11.6 Å². The van der Waals surface area contributed by atoms with Gasteiger partial charge in [-0.2, -0.15) is 0 Å². The van der Waals surface area contributed by atoms with Crippen LogP contribution in [0.4, 0.5) is 17.2 Å². The Labute approximate surface area is 135 Å². The number of halogens is 1. The Bertz CT molecular complexity index is 772. The Morgan fingerprint density at radius 1 is 0.955 bits per heavy atom. The molecule has 0 aliphatic rings. The summed E-state index contributed by atoms with van der Waals surface area (Å²) in [7, 11) is 1.85. The zero-order valence-electron chi connectivity index (χ0n) is 12.2. The van der Waals surface area contributed by atoms with Gasteiger partial charge in [-0.1, -0.05) is 41.9 Å². The Morgan fingerprint density at radius 2 is 1.77 bits per heavy atom. The van der Waals surface area contributed by atoms with Crippen LogP contribution in [-0.4, -0.2) is 12.0 Å². The topological polar surface area (TPSA) is 37.0 Å². The van der Waals surface area contributed by atoms with Crippen LogP contribution in [0.3, 0.4) is 0 Å². The van der Waals surface area contributed by atoms with E-state index in [4.69, 9.17) is 11.6 Å². The number of anilines is 3. The smallest absolute Gasteiger partial charge is 0.127 e. The number of hydrogen-bond acceptors (Lipinski definition) is 3. The van der Waals surface area contributed by atoms with E-state index in [-0.39, 0.29) is 0 Å². The molecule has 3 rings (SSSR count). The lowest BCUT2D eigenvalue weighted by Crippen LogP contribution is -1.98. The van der Waals surface area contributed by atoms with Crippen molar-refractivity contribution < 1.29 is 0 Å². The third-order valence-electron chi connectivity index (χ3n) is 3.35. The van der Waals surface area contributed by atoms with Gasteiger partial charge in [-0.3, -0.25) is 0 Å². The summed E-state index contributed by atoms with van der Waals surface area (Å²) in [5.74, 6) is 0.809. The summed E-state index contributed by atoms with van der Waals surface area (Å²) in [6, 6.07) is 19.8. The number of nitrogens with one attached hydrogen (secondary N) is 2. The number of hydrogen-bond donors (Lipinski definition) is 2. The molecule has 0 saturated carbocycles. The normalized spacial score (nSPS) is 10.3. The lowest BCUT2D eigenvalue weighted by atomic mass is 10.1. The monoisotopic (exact) mass is 309 g/mol. The van der Waals surface area contributed by atoms with E-state index in [1.807, 2.05) is 73.9 Å². The van der Waals surface area contributed by atoms with Gasteiger partial charge in [0.2, 0.25) is 0 Å². The van der Waals surface area contributed by atoms with Crippen LogP contribution in [0.2, 0.25) is 5.02 Å². The second kappa shape index (κ2) is 6.50. The van der Waals surface area contributed by atoms with Crippen molar-refractivity contribution >= 4 is 28.8 Å². The summed E-state index contributed by atoms with van der Waals surface area (Å²) in [6.45, 7) is 0. The van der Waals surface area contributed by atoms with E-state index in [1.165, 1.54) is 0 Å². The first-order valence-electron chi connectivity index (χ1n) is 7.02. The molecule has 0 fully saturated rings. The molecule has 0 spiro atoms. The van der Waals surface area contributed by atoms with E-state index in [0.717, 1.165) is 28.3 Å². The third-order valence-corrected chi connectivity index (χ3v) is 3.58. The van der Waals surface area contributed by atoms with Crippen LogP contribution in [0, 0.1) is 0 Å². The van der Waals surface area contributed by atoms with Gasteiger partial charge < -0.3 is 10.6 Å². The minimum absolute atomic E-state index is 0.709. The molecule has 2 N–H and O–H groups in total. The van der Waals surface area contributed by atoms with Crippen molar-refractivity contribution in [1.29, 1.82) is 0 Å². The second-order valence-electron chi connectivity index (χ2n) is 4.87. The largest absolute Gasteiger partial charge is 0.373 e. The Balaban J connectivity index is 2.06. The molecule has 4 heteroatoms. The van der Waals surface area contributed by atoms with Gasteiger partial charge in [0.25, 0.3) is 0 Å². The highest BCUT2D eigenvalue weighted by Gasteiger charge is 2.08. The average Bonchev–Trinajstić information content (AvgIpc) is 2.55. The van der Waals surface area contributed by atoms with E-state index in [2.05, 4.69) is 15.6 Å². The number of pyridine rings is 1. The van der Waals surface area contributed by atoms with E-state index >= 15 is 0 Å². The molecule has 22 heavy (non-hydrogen) atoms. The molecule has 0 saturated heterocycles. The van der Waals surface area contributed by atoms with Gasteiger partial charge in [0, 0.05) is 35.6 Å². The molecule has 0 aliphatic carbocycles. The first-order valence-corrected chi connectivity index (χ1v) is 7.40. The molecule has 110 valence electrons. The summed E-state index contributed by atoms with van der Waals surface area (Å²) in [5.41, 5.74) is 4.04. The number of benzene rings is 2. The van der Waals surface area contributed by atoms with E-state index < -0.39 is 0 Å². The van der Waals surface area contributed by atoms with Crippen molar-refractivity contribution in [3.8, 4) is 11.1 Å². The fourth-order valence-corrected chi connectivity index (χ4v) is 2.45. The van der Waals surface area contributed by atoms with Crippen LogP contribution in [0.1, 0.15) is 0 Å². The highest BCUT2D eigenvalue weighted by Crippen LogP contribution is 2.32. The summed E-state index contributed by atoms with van der Waals surface area (Å²) in [5, 5.41) is 7.22. The number of para-hydroxylation sites is 1. The van der Waals surface area contributed by atoms with E-state index in [0.29, 0.717) is 5.02 Å². The fourth-order valence-electron chi connectivity index (χ4n) is 2.26. The second-order valence-corrected chi connectivity index (χ2v) is 5.30. The van der Waals surface area contributed by atoms with E-state index in [1.54, 1.807) is 0 Å². The fraction of sp³-hybridized carbons (Fsp3) is 0.0556. The molecule has 0 unspecified atom stereocenters. The number of aromatic nitrogens is 1. The van der Waals surface area contributed by atoms with Gasteiger partial charge >= 0.3 is 0 Å². The molecule has 3 aromatic rings. The van der Waals surface area contributed by atoms with Gasteiger partial charge in [0.05, 0.1) is 5.69 Å². The molecule has 0 radical (unpaired) electrons. The lowest BCUT2D eigenvalue weighted by Gasteiger charge is -2.14. The highest BCUT2D eigenvalue weighted by atomic mass is 35.5. The summed E-state index contributed by atoms with van der Waals surface area (Å²) in [6.07, 6.45) is 1.85. The summed E-state index contributed by atoms with van der Waals surface area (Å²) >= 11 is 6.11. The zero-order chi connectivity index (χ0) is 15.4. The molecule has 3 nitrogen and oxygen atoms in total. The van der Waals surface area contributed by atoms with Crippen LogP contribution < -0.4 is 10.6 Å². The molecular weight excluding hydrogens is 294 g/mol. The molecule has 0 aliphatic heterocycles. The maximum atomic E-state index is 6.11. The van der Waals surface area contributed by atoms with Crippen molar-refractivity contribution in [2.24, 2.45) is 0 Å². The van der Waals surface area contributed by atoms with Gasteiger partial charge in [-0.05, 0) is 29.8 Å². The van der Waals surface area contributed by atoms with E-state index in [9.17, 15) is 0 Å². The predicted molar refractivity (Wildman–Crippen MR) is 94.0 cm³/mol. The highest BCUT2D eigenvalue weighted by molar-refractivity contribution is 6.30. The van der Waals surface area contributed by atoms with Crippen molar-refractivity contribution in [3.05, 3.63) is 71.9 Å². The Hall–Kier alpha value is -2.52. The minimum Gasteiger partial charge on any atom is -0.373 e. The van der Waals surface area contributed by atoms with Gasteiger partial charge in [0.1, 0.15) is 5.82 Å². The third kappa shape index (κ3) is 3.21. The van der Waals surface area contributed by atoms with Gasteiger partial charge in [-0.15, -0.1) is 0 Å². The molecule has 1 aromatic heterocycles. The van der Waals surface area contributed by atoms with Gasteiger partial charge in [-0.25, -0.2) is 4.98 Å². The molecule has 0 atom stereocenters. The molecule has 0 bridgehead atoms. The average molecular weight is 310 g/mol. The molecule has 0 amide bonds. The number of nitrogens with zero attached hydrogens (tertiary/aromatic N) is 1. The van der Waals surface area contributed by atoms with Crippen molar-refractivity contribution in [1.82, 2.24) is 4.98 Å². The van der Waals surface area contributed by atoms with Crippen LogP contribution in [0.25, 0.3) is 11.1 Å². The van der Waals surface area contributed by atoms with Crippen LogP contribution in [0.15, 0.2) is 66.9 Å². The van der Waals surface area contributed by atoms with Crippen molar-refractivity contribution in [2.45, 2.75) is 0 Å². The molecule has 2 aromatic carbocycles. The van der Waals surface area contributed by atoms with Crippen molar-refractivity contribution in [2.75, 3.05) is 17.7 Å². The van der Waals surface area contributed by atoms with Crippen LogP contribution in [-0.2, 0) is 0 Å². The summed E-state index contributed by atoms with van der Waals surface area (Å²) < 4.78 is 0. The Kier molecular flexibility index (Phi) is 4.26. The zero-order valence-corrected chi connectivity index (χ0v) is 12.9. The first kappa shape index (κ1) is 14.4. The standard InChI is InChI=1S/C18H16ClN3/c1-20-18-11-17(22-15-8-3-2-4-9-15)16(12-21-18)13-6-5-7-14(19)10-13/h2-12H,1H3,(H2,20,21,22). The maximum Gasteiger partial charge on any atom is 0.127 e. The molecular formula is C18H16ClN3. The lowest BCUT2D eigenvalue weighted by molar-refractivity contribution is 1.28. The molecule has 1 heterocycles. The number of rotatable bonds is 4. The first-order chi connectivity index (χ1) is 10.8.